The fourth-order valence-electron chi connectivity index (χ4n) is 3.02. The second kappa shape index (κ2) is 8.41. The number of aromatic nitrogens is 2. The predicted octanol–water partition coefficient (Wildman–Crippen LogP) is 1.72. The van der Waals surface area contributed by atoms with Gasteiger partial charge in [-0.3, -0.25) is 9.59 Å². The summed E-state index contributed by atoms with van der Waals surface area (Å²) in [7, 11) is 1.59. The lowest BCUT2D eigenvalue weighted by Crippen LogP contribution is -2.31. The van der Waals surface area contributed by atoms with Crippen molar-refractivity contribution in [3.05, 3.63) is 33.3 Å². The number of carbonyl (C=O) groups is 2. The topological polar surface area (TPSA) is 97.6 Å². The minimum atomic E-state index is -0.113. The molecular weight excluding hydrogens is 356 g/mol. The normalized spacial score (nSPS) is 16.8. The fourth-order valence-corrected chi connectivity index (χ4v) is 4.10. The van der Waals surface area contributed by atoms with Crippen LogP contribution in [0.4, 0.5) is 0 Å². The molecule has 1 aliphatic heterocycles. The Labute approximate surface area is 155 Å². The van der Waals surface area contributed by atoms with Crippen LogP contribution in [0.3, 0.4) is 0 Å². The summed E-state index contributed by atoms with van der Waals surface area (Å²) in [5.41, 5.74) is 1.21. The van der Waals surface area contributed by atoms with E-state index in [1.807, 2.05) is 17.0 Å². The van der Waals surface area contributed by atoms with Crippen molar-refractivity contribution in [1.29, 1.82) is 0 Å². The van der Waals surface area contributed by atoms with Crippen LogP contribution in [0.2, 0.25) is 0 Å². The van der Waals surface area contributed by atoms with Gasteiger partial charge in [0, 0.05) is 25.1 Å². The standard InChI is InChI=1S/C17H22N4O4S/c1-11-12(20-25-19-11)10-16(22)21-8-3-4-13(21)14-5-6-15(26-14)17(23)18-7-9-24-2/h5-6,13H,3-4,7-10H2,1-2H3,(H,18,23)/t13-/m1/s1. The Morgan fingerprint density at radius 3 is 3.00 bits per heavy atom. The van der Waals surface area contributed by atoms with Crippen molar-refractivity contribution in [2.75, 3.05) is 26.8 Å². The SMILES string of the molecule is COCCNC(=O)c1ccc([C@H]2CCCN2C(=O)Cc2nonc2C)s1. The summed E-state index contributed by atoms with van der Waals surface area (Å²) in [6.45, 7) is 3.43. The number of carbonyl (C=O) groups excluding carboxylic acids is 2. The molecule has 2 aromatic rings. The smallest absolute Gasteiger partial charge is 0.261 e. The molecule has 140 valence electrons. The van der Waals surface area contributed by atoms with Gasteiger partial charge in [-0.05, 0) is 31.9 Å². The molecule has 0 aromatic carbocycles. The Morgan fingerprint density at radius 2 is 2.27 bits per heavy atom. The first-order chi connectivity index (χ1) is 12.6. The van der Waals surface area contributed by atoms with E-state index >= 15 is 0 Å². The molecule has 0 saturated carbocycles. The monoisotopic (exact) mass is 378 g/mol. The zero-order valence-electron chi connectivity index (χ0n) is 14.9. The van der Waals surface area contributed by atoms with Crippen LogP contribution < -0.4 is 5.32 Å². The van der Waals surface area contributed by atoms with Crippen molar-refractivity contribution in [3.8, 4) is 0 Å². The van der Waals surface area contributed by atoms with Crippen molar-refractivity contribution in [2.45, 2.75) is 32.2 Å². The molecule has 0 aliphatic carbocycles. The molecule has 3 heterocycles. The number of nitrogens with one attached hydrogen (secondary N) is 1. The third-order valence-corrected chi connectivity index (χ3v) is 5.59. The number of amides is 2. The third kappa shape index (κ3) is 4.10. The average Bonchev–Trinajstić information content (AvgIpc) is 3.35. The van der Waals surface area contributed by atoms with E-state index < -0.39 is 0 Å². The van der Waals surface area contributed by atoms with Crippen LogP contribution in [0.25, 0.3) is 0 Å². The van der Waals surface area contributed by atoms with Crippen LogP contribution in [-0.4, -0.2) is 53.8 Å². The van der Waals surface area contributed by atoms with Gasteiger partial charge in [0.25, 0.3) is 5.91 Å². The quantitative estimate of drug-likeness (QED) is 0.737. The maximum atomic E-state index is 12.7. The fraction of sp³-hybridized carbons (Fsp3) is 0.529. The van der Waals surface area contributed by atoms with Crippen LogP contribution in [-0.2, 0) is 16.0 Å². The lowest BCUT2D eigenvalue weighted by atomic mass is 10.1. The number of aryl methyl sites for hydroxylation is 1. The molecule has 1 N–H and O–H groups in total. The molecule has 2 amide bonds. The largest absolute Gasteiger partial charge is 0.383 e. The van der Waals surface area contributed by atoms with Crippen molar-refractivity contribution >= 4 is 23.2 Å². The summed E-state index contributed by atoms with van der Waals surface area (Å²) in [5.74, 6) is -0.107. The minimum Gasteiger partial charge on any atom is -0.383 e. The number of rotatable bonds is 7. The van der Waals surface area contributed by atoms with Crippen molar-refractivity contribution in [1.82, 2.24) is 20.5 Å². The van der Waals surface area contributed by atoms with E-state index in [0.29, 0.717) is 36.0 Å². The van der Waals surface area contributed by atoms with Crippen molar-refractivity contribution in [2.24, 2.45) is 0 Å². The van der Waals surface area contributed by atoms with E-state index in [0.717, 1.165) is 17.7 Å². The number of hydrogen-bond acceptors (Lipinski definition) is 7. The second-order valence-corrected chi connectivity index (χ2v) is 7.28. The van der Waals surface area contributed by atoms with E-state index in [9.17, 15) is 9.59 Å². The van der Waals surface area contributed by atoms with Crippen LogP contribution in [0.1, 0.15) is 44.8 Å². The Bertz CT molecular complexity index is 772. The van der Waals surface area contributed by atoms with Gasteiger partial charge in [-0.1, -0.05) is 10.3 Å². The van der Waals surface area contributed by atoms with Crippen molar-refractivity contribution < 1.29 is 19.0 Å². The van der Waals surface area contributed by atoms with E-state index in [4.69, 9.17) is 4.74 Å². The Morgan fingerprint density at radius 1 is 1.42 bits per heavy atom. The predicted molar refractivity (Wildman–Crippen MR) is 95.0 cm³/mol. The number of likely N-dealkylation sites (tertiary alicyclic amines) is 1. The molecule has 0 spiro atoms. The molecule has 3 rings (SSSR count). The van der Waals surface area contributed by atoms with Crippen LogP contribution >= 0.6 is 11.3 Å². The van der Waals surface area contributed by atoms with Gasteiger partial charge < -0.3 is 15.0 Å². The summed E-state index contributed by atoms with van der Waals surface area (Å²) in [6.07, 6.45) is 2.02. The van der Waals surface area contributed by atoms with Crippen LogP contribution in [0.5, 0.6) is 0 Å². The first kappa shape index (κ1) is 18.5. The van der Waals surface area contributed by atoms with Gasteiger partial charge in [-0.2, -0.15) is 0 Å². The van der Waals surface area contributed by atoms with Gasteiger partial charge in [0.1, 0.15) is 11.4 Å². The molecule has 1 atom stereocenters. The molecule has 1 aliphatic rings. The molecule has 26 heavy (non-hydrogen) atoms. The number of ether oxygens (including phenoxy) is 1. The maximum absolute atomic E-state index is 12.7. The van der Waals surface area contributed by atoms with E-state index in [2.05, 4.69) is 20.3 Å². The van der Waals surface area contributed by atoms with Crippen molar-refractivity contribution in [3.63, 3.8) is 0 Å². The van der Waals surface area contributed by atoms with Gasteiger partial charge in [0.2, 0.25) is 5.91 Å². The van der Waals surface area contributed by atoms with E-state index in [1.54, 1.807) is 14.0 Å². The number of methoxy groups -OCH3 is 1. The number of thiophene rings is 1. The maximum Gasteiger partial charge on any atom is 0.261 e. The molecule has 0 bridgehead atoms. The van der Waals surface area contributed by atoms with Gasteiger partial charge >= 0.3 is 0 Å². The van der Waals surface area contributed by atoms with E-state index in [1.165, 1.54) is 11.3 Å². The van der Waals surface area contributed by atoms with Gasteiger partial charge in [-0.15, -0.1) is 11.3 Å². The molecule has 2 aromatic heterocycles. The Balaban J connectivity index is 1.65. The molecule has 0 radical (unpaired) electrons. The highest BCUT2D eigenvalue weighted by molar-refractivity contribution is 7.14. The summed E-state index contributed by atoms with van der Waals surface area (Å²) in [6, 6.07) is 3.76. The zero-order valence-corrected chi connectivity index (χ0v) is 15.7. The zero-order chi connectivity index (χ0) is 18.5. The first-order valence-corrected chi connectivity index (χ1v) is 9.36. The molecule has 9 heteroatoms. The second-order valence-electron chi connectivity index (χ2n) is 6.17. The van der Waals surface area contributed by atoms with Gasteiger partial charge in [-0.25, -0.2) is 4.63 Å². The molecule has 0 unspecified atom stereocenters. The minimum absolute atomic E-state index is 0.00537. The Kier molecular flexibility index (Phi) is 6.00. The van der Waals surface area contributed by atoms with Crippen LogP contribution in [0.15, 0.2) is 16.8 Å². The molecule has 1 saturated heterocycles. The first-order valence-electron chi connectivity index (χ1n) is 8.54. The summed E-state index contributed by atoms with van der Waals surface area (Å²) in [4.78, 5) is 28.4. The molecule has 8 nitrogen and oxygen atoms in total. The number of hydrogen-bond donors (Lipinski definition) is 1. The van der Waals surface area contributed by atoms with Crippen LogP contribution in [0, 0.1) is 6.92 Å². The summed E-state index contributed by atoms with van der Waals surface area (Å²) < 4.78 is 9.60. The molecule has 1 fully saturated rings. The highest BCUT2D eigenvalue weighted by Crippen LogP contribution is 2.36. The number of nitrogens with zero attached hydrogens (tertiary/aromatic N) is 3. The van der Waals surface area contributed by atoms with Gasteiger partial charge in [0.15, 0.2) is 0 Å². The average molecular weight is 378 g/mol. The lowest BCUT2D eigenvalue weighted by molar-refractivity contribution is -0.131. The third-order valence-electron chi connectivity index (χ3n) is 4.41. The lowest BCUT2D eigenvalue weighted by Gasteiger charge is -2.23. The highest BCUT2D eigenvalue weighted by atomic mass is 32.1. The summed E-state index contributed by atoms with van der Waals surface area (Å²) in [5, 5.41) is 10.3. The highest BCUT2D eigenvalue weighted by Gasteiger charge is 2.32. The Hall–Kier alpha value is -2.26. The van der Waals surface area contributed by atoms with E-state index in [-0.39, 0.29) is 24.3 Å². The van der Waals surface area contributed by atoms with Gasteiger partial charge in [0.05, 0.1) is 23.9 Å². The summed E-state index contributed by atoms with van der Waals surface area (Å²) >= 11 is 1.44. The molecular formula is C17H22N4O4S.